The molecule has 20 heavy (non-hydrogen) atoms. The van der Waals surface area contributed by atoms with Crippen molar-refractivity contribution in [2.75, 3.05) is 0 Å². The minimum absolute atomic E-state index is 0.0880. The number of aromatic nitrogens is 4. The second kappa shape index (κ2) is 4.41. The van der Waals surface area contributed by atoms with Crippen molar-refractivity contribution in [3.05, 3.63) is 47.5 Å². The van der Waals surface area contributed by atoms with Crippen molar-refractivity contribution in [3.8, 4) is 11.3 Å². The van der Waals surface area contributed by atoms with Gasteiger partial charge in [-0.3, -0.25) is 4.98 Å². The molecule has 0 fully saturated rings. The van der Waals surface area contributed by atoms with Crippen molar-refractivity contribution in [1.29, 1.82) is 0 Å². The van der Waals surface area contributed by atoms with E-state index in [4.69, 9.17) is 0 Å². The lowest BCUT2D eigenvalue weighted by Gasteiger charge is -2.05. The molecule has 0 bridgehead atoms. The van der Waals surface area contributed by atoms with Crippen LogP contribution < -0.4 is 0 Å². The minimum atomic E-state index is -1.04. The summed E-state index contributed by atoms with van der Waals surface area (Å²) in [7, 11) is 0. The zero-order chi connectivity index (χ0) is 14.3. The van der Waals surface area contributed by atoms with E-state index < -0.39 is 5.97 Å². The lowest BCUT2D eigenvalue weighted by atomic mass is 10.2. The molecule has 0 unspecified atom stereocenters. The van der Waals surface area contributed by atoms with E-state index in [-0.39, 0.29) is 5.69 Å². The maximum atomic E-state index is 11.4. The van der Waals surface area contributed by atoms with Gasteiger partial charge in [-0.1, -0.05) is 0 Å². The fourth-order valence-corrected chi connectivity index (χ4v) is 2.04. The van der Waals surface area contributed by atoms with E-state index in [2.05, 4.69) is 15.1 Å². The summed E-state index contributed by atoms with van der Waals surface area (Å²) in [5.41, 5.74) is 3.63. The first-order valence-corrected chi connectivity index (χ1v) is 6.08. The van der Waals surface area contributed by atoms with Crippen LogP contribution in [0.25, 0.3) is 16.9 Å². The summed E-state index contributed by atoms with van der Waals surface area (Å²) in [6, 6.07) is 5.14. The highest BCUT2D eigenvalue weighted by atomic mass is 16.4. The van der Waals surface area contributed by atoms with Gasteiger partial charge in [-0.2, -0.15) is 5.10 Å². The van der Waals surface area contributed by atoms with Crippen molar-refractivity contribution in [3.63, 3.8) is 0 Å². The fraction of sp³-hybridized carbons (Fsp3) is 0.143. The van der Waals surface area contributed by atoms with Gasteiger partial charge in [0.25, 0.3) is 0 Å². The van der Waals surface area contributed by atoms with Crippen LogP contribution in [0.15, 0.2) is 30.6 Å². The Morgan fingerprint density at radius 3 is 2.80 bits per heavy atom. The van der Waals surface area contributed by atoms with Crippen molar-refractivity contribution in [2.24, 2.45) is 0 Å². The smallest absolute Gasteiger partial charge is 0.354 e. The standard InChI is InChI=1S/C14H12N4O2/c1-8-9(2)17-18-12(14(19)20)6-11(16-13(8)18)10-4-3-5-15-7-10/h3-7H,1-2H3,(H,19,20). The number of pyridine rings is 1. The predicted molar refractivity (Wildman–Crippen MR) is 72.7 cm³/mol. The van der Waals surface area contributed by atoms with E-state index >= 15 is 0 Å². The number of carboxylic acids is 1. The fourth-order valence-electron chi connectivity index (χ4n) is 2.04. The zero-order valence-corrected chi connectivity index (χ0v) is 11.0. The maximum Gasteiger partial charge on any atom is 0.354 e. The van der Waals surface area contributed by atoms with Crippen LogP contribution in [0.4, 0.5) is 0 Å². The molecular formula is C14H12N4O2. The highest BCUT2D eigenvalue weighted by Gasteiger charge is 2.17. The summed E-state index contributed by atoms with van der Waals surface area (Å²) in [4.78, 5) is 20.0. The van der Waals surface area contributed by atoms with E-state index in [9.17, 15) is 9.90 Å². The van der Waals surface area contributed by atoms with Crippen molar-refractivity contribution in [1.82, 2.24) is 19.6 Å². The molecule has 0 aliphatic carbocycles. The Hall–Kier alpha value is -2.76. The first-order chi connectivity index (χ1) is 9.58. The molecule has 6 nitrogen and oxygen atoms in total. The summed E-state index contributed by atoms with van der Waals surface area (Å²) in [6.07, 6.45) is 3.32. The van der Waals surface area contributed by atoms with Crippen LogP contribution in [-0.2, 0) is 0 Å². The van der Waals surface area contributed by atoms with Gasteiger partial charge in [-0.05, 0) is 32.0 Å². The third-order valence-electron chi connectivity index (χ3n) is 3.23. The van der Waals surface area contributed by atoms with Gasteiger partial charge in [0.2, 0.25) is 0 Å². The van der Waals surface area contributed by atoms with Gasteiger partial charge >= 0.3 is 5.97 Å². The van der Waals surface area contributed by atoms with Gasteiger partial charge in [0, 0.05) is 23.5 Å². The van der Waals surface area contributed by atoms with E-state index in [0.717, 1.165) is 16.8 Å². The lowest BCUT2D eigenvalue weighted by Crippen LogP contribution is -2.08. The van der Waals surface area contributed by atoms with Crippen LogP contribution in [0.1, 0.15) is 21.7 Å². The molecule has 6 heteroatoms. The quantitative estimate of drug-likeness (QED) is 0.769. The van der Waals surface area contributed by atoms with Crippen LogP contribution in [0, 0.1) is 13.8 Å². The molecular weight excluding hydrogens is 256 g/mol. The second-order valence-corrected chi connectivity index (χ2v) is 4.52. The summed E-state index contributed by atoms with van der Waals surface area (Å²) >= 11 is 0. The number of rotatable bonds is 2. The van der Waals surface area contributed by atoms with Crippen molar-refractivity contribution >= 4 is 11.6 Å². The van der Waals surface area contributed by atoms with E-state index in [1.54, 1.807) is 18.5 Å². The van der Waals surface area contributed by atoms with Gasteiger partial charge in [0.05, 0.1) is 11.4 Å². The number of aromatic carboxylic acids is 1. The van der Waals surface area contributed by atoms with E-state index in [1.165, 1.54) is 10.6 Å². The van der Waals surface area contributed by atoms with Crippen LogP contribution in [-0.4, -0.2) is 30.7 Å². The summed E-state index contributed by atoms with van der Waals surface area (Å²) < 4.78 is 1.37. The highest BCUT2D eigenvalue weighted by molar-refractivity contribution is 5.88. The number of carbonyl (C=O) groups is 1. The van der Waals surface area contributed by atoms with Gasteiger partial charge in [0.15, 0.2) is 11.3 Å². The summed E-state index contributed by atoms with van der Waals surface area (Å²) in [5.74, 6) is -1.04. The molecule has 0 amide bonds. The molecule has 3 aromatic heterocycles. The number of aryl methyl sites for hydroxylation is 2. The van der Waals surface area contributed by atoms with Gasteiger partial charge in [-0.15, -0.1) is 0 Å². The first kappa shape index (κ1) is 12.3. The van der Waals surface area contributed by atoms with Gasteiger partial charge < -0.3 is 5.11 Å². The predicted octanol–water partition coefficient (Wildman–Crippen LogP) is 2.11. The normalized spacial score (nSPS) is 10.9. The van der Waals surface area contributed by atoms with Gasteiger partial charge in [0.1, 0.15) is 0 Å². The van der Waals surface area contributed by atoms with Crippen molar-refractivity contribution in [2.45, 2.75) is 13.8 Å². The van der Waals surface area contributed by atoms with Crippen LogP contribution in [0.3, 0.4) is 0 Å². The molecule has 0 aliphatic rings. The van der Waals surface area contributed by atoms with Crippen LogP contribution in [0.5, 0.6) is 0 Å². The molecule has 0 aliphatic heterocycles. The molecule has 3 heterocycles. The number of fused-ring (bicyclic) bond motifs is 1. The molecule has 0 spiro atoms. The molecule has 100 valence electrons. The Labute approximate surface area is 114 Å². The monoisotopic (exact) mass is 268 g/mol. The zero-order valence-electron chi connectivity index (χ0n) is 11.0. The minimum Gasteiger partial charge on any atom is -0.477 e. The largest absolute Gasteiger partial charge is 0.477 e. The Kier molecular flexibility index (Phi) is 2.71. The number of nitrogens with zero attached hydrogens (tertiary/aromatic N) is 4. The molecule has 3 rings (SSSR count). The van der Waals surface area contributed by atoms with E-state index in [1.807, 2.05) is 19.9 Å². The molecule has 0 saturated heterocycles. The Morgan fingerprint density at radius 2 is 2.15 bits per heavy atom. The molecule has 3 aromatic rings. The van der Waals surface area contributed by atoms with E-state index in [0.29, 0.717) is 11.3 Å². The third-order valence-corrected chi connectivity index (χ3v) is 3.23. The lowest BCUT2D eigenvalue weighted by molar-refractivity contribution is 0.0687. The van der Waals surface area contributed by atoms with Crippen LogP contribution >= 0.6 is 0 Å². The molecule has 1 N–H and O–H groups in total. The summed E-state index contributed by atoms with van der Waals surface area (Å²) in [5, 5.41) is 13.6. The SMILES string of the molecule is Cc1nn2c(C(=O)O)cc(-c3cccnc3)nc2c1C. The Balaban J connectivity index is 2.36. The highest BCUT2D eigenvalue weighted by Crippen LogP contribution is 2.21. The average molecular weight is 268 g/mol. The second-order valence-electron chi connectivity index (χ2n) is 4.52. The molecule has 0 aromatic carbocycles. The molecule has 0 radical (unpaired) electrons. The third kappa shape index (κ3) is 1.82. The Morgan fingerprint density at radius 1 is 1.35 bits per heavy atom. The number of carboxylic acid groups (broad SMARTS) is 1. The average Bonchev–Trinajstić information content (AvgIpc) is 2.74. The van der Waals surface area contributed by atoms with Crippen molar-refractivity contribution < 1.29 is 9.90 Å². The topological polar surface area (TPSA) is 80.4 Å². The van der Waals surface area contributed by atoms with Crippen LogP contribution in [0.2, 0.25) is 0 Å². The number of hydrogen-bond acceptors (Lipinski definition) is 4. The Bertz CT molecular complexity index is 809. The van der Waals surface area contributed by atoms with Gasteiger partial charge in [-0.25, -0.2) is 14.3 Å². The molecule has 0 saturated carbocycles. The summed E-state index contributed by atoms with van der Waals surface area (Å²) in [6.45, 7) is 3.71. The maximum absolute atomic E-state index is 11.4. The number of hydrogen-bond donors (Lipinski definition) is 1. The first-order valence-electron chi connectivity index (χ1n) is 6.08. The molecule has 0 atom stereocenters.